The van der Waals surface area contributed by atoms with Crippen LogP contribution in [0.3, 0.4) is 0 Å². The van der Waals surface area contributed by atoms with Gasteiger partial charge in [0.1, 0.15) is 0 Å². The van der Waals surface area contributed by atoms with Crippen molar-refractivity contribution in [1.82, 2.24) is 0 Å². The van der Waals surface area contributed by atoms with Crippen LogP contribution in [0.2, 0.25) is 0 Å². The van der Waals surface area contributed by atoms with Gasteiger partial charge in [-0.25, -0.2) is 4.79 Å². The zero-order valence-corrected chi connectivity index (χ0v) is 16.9. The van der Waals surface area contributed by atoms with Gasteiger partial charge >= 0.3 is 0 Å². The zero-order valence-electron chi connectivity index (χ0n) is 14.1. The van der Waals surface area contributed by atoms with Gasteiger partial charge in [0.2, 0.25) is 0 Å². The summed E-state index contributed by atoms with van der Waals surface area (Å²) >= 11 is 0. The molecule has 1 saturated heterocycles. The van der Waals surface area contributed by atoms with Gasteiger partial charge in [-0.15, -0.1) is 12.0 Å². The van der Waals surface area contributed by atoms with E-state index in [4.69, 9.17) is 5.73 Å². The van der Waals surface area contributed by atoms with Crippen molar-refractivity contribution in [3.63, 3.8) is 0 Å². The molecule has 0 bridgehead atoms. The van der Waals surface area contributed by atoms with Gasteiger partial charge in [-0.05, 0) is 23.1 Å². The van der Waals surface area contributed by atoms with E-state index in [1.165, 1.54) is 17.7 Å². The van der Waals surface area contributed by atoms with Crippen LogP contribution in [-0.4, -0.2) is 5.97 Å². The smallest absolute Gasteiger partial charge is 0.299 e. The van der Waals surface area contributed by atoms with Crippen molar-refractivity contribution in [3.05, 3.63) is 84.5 Å². The van der Waals surface area contributed by atoms with E-state index in [9.17, 15) is 4.79 Å². The summed E-state index contributed by atoms with van der Waals surface area (Å²) in [5, 5.41) is 0. The van der Waals surface area contributed by atoms with Gasteiger partial charge in [0.15, 0.2) is 0 Å². The second kappa shape index (κ2) is 9.15. The van der Waals surface area contributed by atoms with Crippen LogP contribution in [0.25, 0.3) is 0 Å². The summed E-state index contributed by atoms with van der Waals surface area (Å²) in [5.74, 6) is -0.292. The molecule has 2 N–H and O–H groups in total. The van der Waals surface area contributed by atoms with E-state index in [0.717, 1.165) is 5.69 Å². The average molecular weight is 396 g/mol. The van der Waals surface area contributed by atoms with E-state index in [1.807, 2.05) is 24.3 Å². The molecule has 0 amide bonds. The first-order chi connectivity index (χ1) is 10.9. The Hall–Kier alpha value is -1.45. The third-order valence-electron chi connectivity index (χ3n) is 3.88. The maximum atomic E-state index is 10.2. The van der Waals surface area contributed by atoms with Gasteiger partial charge in [0, 0.05) is 44.0 Å². The first kappa shape index (κ1) is 20.6. The Morgan fingerprint density at radius 1 is 1.12 bits per heavy atom. The van der Waals surface area contributed by atoms with E-state index >= 15 is 0 Å². The van der Waals surface area contributed by atoms with Crippen LogP contribution < -0.4 is 5.73 Å². The second-order valence-electron chi connectivity index (χ2n) is 5.92. The molecule has 2 aromatic carbocycles. The predicted octanol–water partition coefficient (Wildman–Crippen LogP) is 4.04. The molecule has 24 heavy (non-hydrogen) atoms. The molecule has 0 atom stereocenters. The molecule has 0 unspecified atom stereocenters. The number of rotatable bonds is 2. The normalized spacial score (nSPS) is 13.4. The Balaban J connectivity index is 0.000000304. The molecule has 3 rings (SSSR count). The van der Waals surface area contributed by atoms with Crippen LogP contribution in [-0.2, 0) is 47.7 Å². The van der Waals surface area contributed by atoms with Gasteiger partial charge in [0.25, 0.3) is 5.97 Å². The van der Waals surface area contributed by atoms with Gasteiger partial charge in [-0.2, -0.15) is 36.9 Å². The Bertz CT molecular complexity index is 665. The van der Waals surface area contributed by atoms with Gasteiger partial charge in [-0.1, -0.05) is 32.6 Å². The first-order valence-electron chi connectivity index (χ1n) is 7.44. The largest absolute Gasteiger partial charge is 0.633 e. The number of esters is 1. The molecule has 0 spiro atoms. The van der Waals surface area contributed by atoms with Crippen LogP contribution in [0.15, 0.2) is 60.7 Å². The zero-order chi connectivity index (χ0) is 16.9. The fraction of sp³-hybridized carbons (Fsp3) is 0.200. The maximum absolute atomic E-state index is 10.2. The van der Waals surface area contributed by atoms with E-state index in [-0.39, 0.29) is 44.1 Å². The van der Waals surface area contributed by atoms with E-state index in [1.54, 1.807) is 0 Å². The maximum Gasteiger partial charge on any atom is 0.299 e. The quantitative estimate of drug-likeness (QED) is 0.361. The fourth-order valence-corrected chi connectivity index (χ4v) is 2.25. The number of ether oxygens (including phenoxy) is 1. The predicted molar refractivity (Wildman–Crippen MR) is 92.4 cm³/mol. The van der Waals surface area contributed by atoms with Crippen molar-refractivity contribution < 1.29 is 42.2 Å². The summed E-state index contributed by atoms with van der Waals surface area (Å²) in [5.41, 5.74) is 9.61. The van der Waals surface area contributed by atoms with Crippen molar-refractivity contribution in [2.45, 2.75) is 25.7 Å². The molecule has 1 aliphatic rings. The van der Waals surface area contributed by atoms with Gasteiger partial charge in [0.05, 0.1) is 0 Å². The Kier molecular flexibility index (Phi) is 7.85. The fourth-order valence-electron chi connectivity index (χ4n) is 2.25. The third kappa shape index (κ3) is 5.29. The average Bonchev–Trinajstić information content (AvgIpc) is 2.93. The summed E-state index contributed by atoms with van der Waals surface area (Å²) in [7, 11) is 0. The molecular weight excluding hydrogens is 375 g/mol. The van der Waals surface area contributed by atoms with E-state index < -0.39 is 0 Å². The summed E-state index contributed by atoms with van der Waals surface area (Å²) in [6.07, 6.45) is 0.582. The number of nitrogen functional groups attached to an aromatic ring is 1. The Morgan fingerprint density at radius 3 is 2.08 bits per heavy atom. The molecule has 2 aromatic rings. The minimum atomic E-state index is -0.292. The molecule has 0 saturated carbocycles. The van der Waals surface area contributed by atoms with E-state index in [0.29, 0.717) is 12.0 Å². The monoisotopic (exact) mass is 396 g/mol. The minimum absolute atomic E-state index is 0. The summed E-state index contributed by atoms with van der Waals surface area (Å²) in [6.45, 7) is 9.31. The van der Waals surface area contributed by atoms with Crippen molar-refractivity contribution in [2.75, 3.05) is 5.73 Å². The molecule has 0 aliphatic carbocycles. The van der Waals surface area contributed by atoms with E-state index in [2.05, 4.69) is 55.5 Å². The molecule has 123 valence electrons. The molecule has 1 heterocycles. The minimum Gasteiger partial charge on any atom is -0.633 e. The Morgan fingerprint density at radius 2 is 1.67 bits per heavy atom. The summed E-state index contributed by atoms with van der Waals surface area (Å²) < 4.78 is 4.40. The Labute approximate surface area is 169 Å². The number of benzene rings is 2. The number of anilines is 1. The molecule has 0 aromatic heterocycles. The molecule has 1 radical (unpaired) electrons. The van der Waals surface area contributed by atoms with Crippen LogP contribution in [0.1, 0.15) is 31.4 Å². The van der Waals surface area contributed by atoms with Crippen molar-refractivity contribution in [3.8, 4) is 0 Å². The first-order valence-corrected chi connectivity index (χ1v) is 7.44. The second-order valence-corrected chi connectivity index (χ2v) is 5.92. The van der Waals surface area contributed by atoms with Crippen LogP contribution in [0.5, 0.6) is 0 Å². The van der Waals surface area contributed by atoms with Gasteiger partial charge in [-0.3, -0.25) is 0 Å². The molecule has 1 aliphatic heterocycles. The van der Waals surface area contributed by atoms with Crippen LogP contribution in [0.4, 0.5) is 5.69 Å². The topological polar surface area (TPSA) is 52.3 Å². The van der Waals surface area contributed by atoms with Gasteiger partial charge < -0.3 is 10.5 Å². The molecule has 4 heteroatoms. The molecule has 1 fully saturated rings. The van der Waals surface area contributed by atoms with Crippen molar-refractivity contribution >= 4 is 11.7 Å². The van der Waals surface area contributed by atoms with Crippen molar-refractivity contribution in [1.29, 1.82) is 0 Å². The molecular formula is C20H21NO2Y-2. The summed E-state index contributed by atoms with van der Waals surface area (Å²) in [6, 6.07) is 19.2. The summed E-state index contributed by atoms with van der Waals surface area (Å²) in [4.78, 5) is 10.2. The van der Waals surface area contributed by atoms with Crippen LogP contribution >= 0.6 is 0 Å². The number of hydrogen-bond donors (Lipinski definition) is 1. The number of nitrogens with two attached hydrogens (primary N) is 1. The standard InChI is InChI=1S/C15H16N.C5H5O2.Y/c1-15(2,12-6-4-3-5-7-12)13-8-10-14(16)11-9-13;1-4-2-3-7-5(4)6;/h4-11H,16H2,1-2H3;3H,1-2H2;/q2*-1;. The third-order valence-corrected chi connectivity index (χ3v) is 3.88. The molecule has 3 nitrogen and oxygen atoms in total. The van der Waals surface area contributed by atoms with Crippen LogP contribution in [0, 0.1) is 12.7 Å². The number of cyclic esters (lactones) is 1. The number of carbonyl (C=O) groups is 1. The SMILES string of the molecule is C=C1C[CH-]OC1=O.CC(C)(c1cc[c-]cc1)c1ccc(N)cc1.[Y]. The number of carbonyl (C=O) groups excluding carboxylic acids is 1. The van der Waals surface area contributed by atoms with Crippen molar-refractivity contribution in [2.24, 2.45) is 0 Å². The number of hydrogen-bond acceptors (Lipinski definition) is 3.